The first-order valence-corrected chi connectivity index (χ1v) is 9.25. The predicted molar refractivity (Wildman–Crippen MR) is 95.7 cm³/mol. The number of pyridine rings is 1. The molecule has 0 radical (unpaired) electrons. The molecule has 3 rings (SSSR count). The van der Waals surface area contributed by atoms with Gasteiger partial charge in [0.15, 0.2) is 0 Å². The minimum absolute atomic E-state index is 0.281. The fourth-order valence-corrected chi connectivity index (χ4v) is 3.65. The van der Waals surface area contributed by atoms with Crippen LogP contribution in [0.5, 0.6) is 0 Å². The molecule has 0 N–H and O–H groups in total. The van der Waals surface area contributed by atoms with Gasteiger partial charge in [-0.25, -0.2) is 13.4 Å². The Morgan fingerprint density at radius 2 is 1.88 bits per heavy atom. The van der Waals surface area contributed by atoms with Crippen molar-refractivity contribution in [1.82, 2.24) is 13.7 Å². The molecule has 6 heteroatoms. The summed E-state index contributed by atoms with van der Waals surface area (Å²) in [4.78, 5) is 4.31. The van der Waals surface area contributed by atoms with Crippen molar-refractivity contribution in [3.8, 4) is 0 Å². The average Bonchev–Trinajstić information content (AvgIpc) is 3.02. The molecular weight excluding hydrogens is 322 g/mol. The van der Waals surface area contributed by atoms with Crippen LogP contribution in [0.4, 0.5) is 0 Å². The van der Waals surface area contributed by atoms with Gasteiger partial charge in [-0.05, 0) is 23.8 Å². The van der Waals surface area contributed by atoms with E-state index in [0.717, 1.165) is 16.9 Å². The van der Waals surface area contributed by atoms with Crippen LogP contribution in [0.1, 0.15) is 18.2 Å². The van der Waals surface area contributed by atoms with Crippen molar-refractivity contribution in [3.05, 3.63) is 77.6 Å². The quantitative estimate of drug-likeness (QED) is 0.692. The lowest BCUT2D eigenvalue weighted by atomic mass is 10.2. The van der Waals surface area contributed by atoms with Crippen LogP contribution in [-0.2, 0) is 16.6 Å². The van der Waals surface area contributed by atoms with Crippen LogP contribution in [0.25, 0.3) is 11.7 Å². The Morgan fingerprint density at radius 1 is 1.12 bits per heavy atom. The number of fused-ring (bicyclic) bond motifs is 1. The molecule has 24 heavy (non-hydrogen) atoms. The normalized spacial score (nSPS) is 12.4. The minimum Gasteiger partial charge on any atom is -0.303 e. The Labute approximate surface area is 141 Å². The molecular formula is C18H19N3O2S. The molecule has 5 nitrogen and oxygen atoms in total. The first-order chi connectivity index (χ1) is 11.6. The number of benzene rings is 1. The van der Waals surface area contributed by atoms with E-state index >= 15 is 0 Å². The number of aromatic nitrogens is 2. The minimum atomic E-state index is -3.50. The lowest BCUT2D eigenvalue weighted by Crippen LogP contribution is -2.29. The van der Waals surface area contributed by atoms with Gasteiger partial charge in [0.2, 0.25) is 10.0 Å². The van der Waals surface area contributed by atoms with Crippen molar-refractivity contribution in [2.45, 2.75) is 13.5 Å². The summed E-state index contributed by atoms with van der Waals surface area (Å²) in [6.45, 7) is 2.50. The highest BCUT2D eigenvalue weighted by Gasteiger charge is 2.19. The predicted octanol–water partition coefficient (Wildman–Crippen LogP) is 3.16. The molecule has 0 aliphatic heterocycles. The zero-order valence-corrected chi connectivity index (χ0v) is 14.2. The summed E-state index contributed by atoms with van der Waals surface area (Å²) in [7, 11) is -3.50. The molecule has 0 bridgehead atoms. The van der Waals surface area contributed by atoms with Crippen LogP contribution in [0, 0.1) is 0 Å². The van der Waals surface area contributed by atoms with Gasteiger partial charge in [-0.2, -0.15) is 4.31 Å². The average molecular weight is 341 g/mol. The number of hydrogen-bond acceptors (Lipinski definition) is 3. The van der Waals surface area contributed by atoms with E-state index in [1.54, 1.807) is 12.3 Å². The fraction of sp³-hybridized carbons (Fsp3) is 0.167. The molecule has 0 aliphatic rings. The van der Waals surface area contributed by atoms with Gasteiger partial charge >= 0.3 is 0 Å². The molecule has 1 aromatic carbocycles. The summed E-state index contributed by atoms with van der Waals surface area (Å²) in [6, 6.07) is 15.1. The first kappa shape index (κ1) is 16.4. The van der Waals surface area contributed by atoms with Gasteiger partial charge in [-0.15, -0.1) is 0 Å². The standard InChI is InChI=1S/C18H19N3O2S/c1-2-20(15-17-14-19-18-10-6-7-12-21(17)18)24(22,23)13-11-16-8-4-3-5-9-16/h3-14H,2,15H2,1H3/b13-11+. The maximum atomic E-state index is 12.6. The van der Waals surface area contributed by atoms with E-state index in [0.29, 0.717) is 6.54 Å². The summed E-state index contributed by atoms with van der Waals surface area (Å²) in [6.07, 6.45) is 5.22. The third-order valence-electron chi connectivity index (χ3n) is 3.78. The highest BCUT2D eigenvalue weighted by molar-refractivity contribution is 7.92. The molecule has 0 spiro atoms. The molecule has 0 saturated heterocycles. The summed E-state index contributed by atoms with van der Waals surface area (Å²) in [5, 5.41) is 1.26. The number of sulfonamides is 1. The van der Waals surface area contributed by atoms with E-state index in [4.69, 9.17) is 0 Å². The smallest absolute Gasteiger partial charge is 0.236 e. The topological polar surface area (TPSA) is 54.7 Å². The Kier molecular flexibility index (Phi) is 4.78. The van der Waals surface area contributed by atoms with Crippen molar-refractivity contribution in [2.75, 3.05) is 6.54 Å². The van der Waals surface area contributed by atoms with Gasteiger partial charge in [0, 0.05) is 18.1 Å². The Morgan fingerprint density at radius 3 is 2.62 bits per heavy atom. The highest BCUT2D eigenvalue weighted by Crippen LogP contribution is 2.14. The maximum absolute atomic E-state index is 12.6. The van der Waals surface area contributed by atoms with Crippen LogP contribution in [-0.4, -0.2) is 28.7 Å². The van der Waals surface area contributed by atoms with Crippen LogP contribution < -0.4 is 0 Å². The third kappa shape index (κ3) is 3.55. The summed E-state index contributed by atoms with van der Waals surface area (Å²) >= 11 is 0. The number of hydrogen-bond donors (Lipinski definition) is 0. The first-order valence-electron chi connectivity index (χ1n) is 7.74. The molecule has 2 heterocycles. The third-order valence-corrected chi connectivity index (χ3v) is 5.36. The van der Waals surface area contributed by atoms with Crippen molar-refractivity contribution in [3.63, 3.8) is 0 Å². The zero-order chi connectivity index (χ0) is 17.0. The molecule has 0 saturated carbocycles. The van der Waals surface area contributed by atoms with E-state index in [1.807, 2.05) is 66.1 Å². The molecule has 124 valence electrons. The second-order valence-corrected chi connectivity index (χ2v) is 7.18. The summed E-state index contributed by atoms with van der Waals surface area (Å²) in [5.74, 6) is 0. The molecule has 3 aromatic rings. The number of nitrogens with zero attached hydrogens (tertiary/aromatic N) is 3. The molecule has 2 aromatic heterocycles. The van der Waals surface area contributed by atoms with Gasteiger partial charge in [0.1, 0.15) is 5.65 Å². The lowest BCUT2D eigenvalue weighted by Gasteiger charge is -2.18. The maximum Gasteiger partial charge on any atom is 0.236 e. The van der Waals surface area contributed by atoms with E-state index in [2.05, 4.69) is 4.98 Å². The molecule has 0 amide bonds. The fourth-order valence-electron chi connectivity index (χ4n) is 2.48. The van der Waals surface area contributed by atoms with Gasteiger partial charge in [0.05, 0.1) is 18.4 Å². The van der Waals surface area contributed by atoms with Crippen LogP contribution >= 0.6 is 0 Å². The molecule has 0 atom stereocenters. The summed E-state index contributed by atoms with van der Waals surface area (Å²) < 4.78 is 28.5. The number of rotatable bonds is 6. The van der Waals surface area contributed by atoms with Crippen molar-refractivity contribution in [2.24, 2.45) is 0 Å². The van der Waals surface area contributed by atoms with Crippen LogP contribution in [0.15, 0.2) is 66.3 Å². The van der Waals surface area contributed by atoms with Crippen LogP contribution in [0.3, 0.4) is 0 Å². The van der Waals surface area contributed by atoms with E-state index in [-0.39, 0.29) is 6.54 Å². The Hall–Kier alpha value is -2.44. The largest absolute Gasteiger partial charge is 0.303 e. The SMILES string of the molecule is CCN(Cc1cnc2ccccn12)S(=O)(=O)/C=C/c1ccccc1. The van der Waals surface area contributed by atoms with Crippen molar-refractivity contribution >= 4 is 21.7 Å². The van der Waals surface area contributed by atoms with Gasteiger partial charge < -0.3 is 4.40 Å². The summed E-state index contributed by atoms with van der Waals surface area (Å²) in [5.41, 5.74) is 2.50. The van der Waals surface area contributed by atoms with Gasteiger partial charge in [0.25, 0.3) is 0 Å². The van der Waals surface area contributed by atoms with E-state index in [1.165, 1.54) is 9.71 Å². The number of imidazole rings is 1. The van der Waals surface area contributed by atoms with Crippen molar-refractivity contribution in [1.29, 1.82) is 0 Å². The highest BCUT2D eigenvalue weighted by atomic mass is 32.2. The monoisotopic (exact) mass is 341 g/mol. The Balaban J connectivity index is 1.83. The Bertz CT molecular complexity index is 947. The van der Waals surface area contributed by atoms with E-state index < -0.39 is 10.0 Å². The molecule has 0 fully saturated rings. The van der Waals surface area contributed by atoms with Crippen molar-refractivity contribution < 1.29 is 8.42 Å². The van der Waals surface area contributed by atoms with Gasteiger partial charge in [-0.3, -0.25) is 0 Å². The second-order valence-electron chi connectivity index (χ2n) is 5.36. The molecule has 0 unspecified atom stereocenters. The van der Waals surface area contributed by atoms with Crippen LogP contribution in [0.2, 0.25) is 0 Å². The lowest BCUT2D eigenvalue weighted by molar-refractivity contribution is 0.425. The van der Waals surface area contributed by atoms with Gasteiger partial charge in [-0.1, -0.05) is 43.3 Å². The van der Waals surface area contributed by atoms with E-state index in [9.17, 15) is 8.42 Å². The molecule has 0 aliphatic carbocycles. The zero-order valence-electron chi connectivity index (χ0n) is 13.4. The second kappa shape index (κ2) is 6.98.